The molecule has 10 rings (SSSR count). The van der Waals surface area contributed by atoms with E-state index in [1.165, 1.54) is 65.7 Å². The smallest absolute Gasteiger partial charge is 0.152 e. The van der Waals surface area contributed by atoms with Crippen molar-refractivity contribution in [3.05, 3.63) is 146 Å². The van der Waals surface area contributed by atoms with Crippen LogP contribution in [0, 0.1) is 0 Å². The summed E-state index contributed by atoms with van der Waals surface area (Å²) < 4.78 is 11.2. The van der Waals surface area contributed by atoms with Crippen LogP contribution in [0.3, 0.4) is 0 Å². The van der Waals surface area contributed by atoms with Crippen molar-refractivity contribution in [2.75, 3.05) is 0 Å². The number of hydrogen-bond donors (Lipinski definition) is 0. The van der Waals surface area contributed by atoms with Gasteiger partial charge in [0.05, 0.1) is 27.8 Å². The average Bonchev–Trinajstić information content (AvgIpc) is 3.59. The fourth-order valence-corrected chi connectivity index (χ4v) is 7.15. The second-order valence-corrected chi connectivity index (χ2v) is 11.4. The normalized spacial score (nSPS) is 12.4. The minimum atomic E-state index is 0.877. The lowest BCUT2D eigenvalue weighted by Crippen LogP contribution is -2.04. The van der Waals surface area contributed by atoms with Crippen LogP contribution in [0.1, 0.15) is 0 Å². The summed E-state index contributed by atoms with van der Waals surface area (Å²) in [6, 6.07) is 52.4. The van der Waals surface area contributed by atoms with Crippen LogP contribution in [0.2, 0.25) is 0 Å². The van der Waals surface area contributed by atoms with E-state index in [0.29, 0.717) is 0 Å². The summed E-state index contributed by atoms with van der Waals surface area (Å²) in [5.74, 6) is 1.78. The van der Waals surface area contributed by atoms with Gasteiger partial charge in [0.2, 0.25) is 0 Å². The first-order valence-electron chi connectivity index (χ1n) is 14.7. The number of fused-ring (bicyclic) bond motifs is 9. The second kappa shape index (κ2) is 8.37. The average molecular weight is 549 g/mol. The van der Waals surface area contributed by atoms with Gasteiger partial charge in [0.15, 0.2) is 11.5 Å². The molecule has 0 amide bonds. The summed E-state index contributed by atoms with van der Waals surface area (Å²) in [5.41, 5.74) is 9.38. The molecule has 7 aromatic carbocycles. The number of aromatic nitrogens is 2. The summed E-state index contributed by atoms with van der Waals surface area (Å²) in [6.45, 7) is 0. The molecule has 43 heavy (non-hydrogen) atoms. The molecule has 0 saturated carbocycles. The maximum absolute atomic E-state index is 6.43. The maximum Gasteiger partial charge on any atom is 0.152 e. The summed E-state index contributed by atoms with van der Waals surface area (Å²) in [7, 11) is 0. The second-order valence-electron chi connectivity index (χ2n) is 11.4. The van der Waals surface area contributed by atoms with Crippen molar-refractivity contribution >= 4 is 54.4 Å². The van der Waals surface area contributed by atoms with Crippen molar-refractivity contribution in [3.8, 4) is 34.0 Å². The van der Waals surface area contributed by atoms with Gasteiger partial charge in [-0.2, -0.15) is 0 Å². The quantitative estimate of drug-likeness (QED) is 0.210. The van der Waals surface area contributed by atoms with Gasteiger partial charge in [0.25, 0.3) is 0 Å². The zero-order valence-electron chi connectivity index (χ0n) is 23.2. The van der Waals surface area contributed by atoms with Crippen molar-refractivity contribution in [2.45, 2.75) is 0 Å². The van der Waals surface area contributed by atoms with Gasteiger partial charge >= 0.3 is 0 Å². The lowest BCUT2D eigenvalue weighted by molar-refractivity contribution is 0.476. The van der Waals surface area contributed by atoms with Crippen LogP contribution in [0.4, 0.5) is 0 Å². The van der Waals surface area contributed by atoms with E-state index in [4.69, 9.17) is 4.74 Å². The summed E-state index contributed by atoms with van der Waals surface area (Å²) >= 11 is 0. The SMILES string of the molecule is c1ccc2c(c1)c1ccccc1n2-c1ccc2cc(-c3ccc4c(c3)-n3c5ccccc5c5cccc(c53)O4)ccc2c1. The highest BCUT2D eigenvalue weighted by Crippen LogP contribution is 2.46. The molecular formula is C40H24N2O. The minimum absolute atomic E-state index is 0.877. The van der Waals surface area contributed by atoms with Crippen LogP contribution in [0.5, 0.6) is 11.5 Å². The molecule has 0 N–H and O–H groups in total. The Kier molecular flexibility index (Phi) is 4.45. The molecule has 0 aliphatic carbocycles. The summed E-state index contributed by atoms with van der Waals surface area (Å²) in [6.07, 6.45) is 0. The number of rotatable bonds is 2. The van der Waals surface area contributed by atoms with E-state index in [1.54, 1.807) is 0 Å². The van der Waals surface area contributed by atoms with Crippen LogP contribution in [0.15, 0.2) is 146 Å². The van der Waals surface area contributed by atoms with E-state index in [9.17, 15) is 0 Å². The molecule has 2 aromatic heterocycles. The molecular weight excluding hydrogens is 524 g/mol. The van der Waals surface area contributed by atoms with Gasteiger partial charge in [0.1, 0.15) is 0 Å². The molecule has 9 aromatic rings. The van der Waals surface area contributed by atoms with Crippen molar-refractivity contribution in [2.24, 2.45) is 0 Å². The maximum atomic E-state index is 6.43. The third kappa shape index (κ3) is 3.14. The van der Waals surface area contributed by atoms with Crippen LogP contribution in [-0.2, 0) is 0 Å². The molecule has 3 nitrogen and oxygen atoms in total. The Labute approximate surface area is 247 Å². The lowest BCUT2D eigenvalue weighted by atomic mass is 10.00. The fourth-order valence-electron chi connectivity index (χ4n) is 7.15. The summed E-state index contributed by atoms with van der Waals surface area (Å²) in [4.78, 5) is 0. The Bertz CT molecular complexity index is 2550. The Morgan fingerprint density at radius 2 is 0.977 bits per heavy atom. The number of benzene rings is 7. The highest BCUT2D eigenvalue weighted by molar-refractivity contribution is 6.12. The molecule has 3 heterocycles. The largest absolute Gasteiger partial charge is 0.453 e. The van der Waals surface area contributed by atoms with E-state index < -0.39 is 0 Å². The first-order valence-corrected chi connectivity index (χ1v) is 14.7. The van der Waals surface area contributed by atoms with E-state index in [0.717, 1.165) is 22.7 Å². The molecule has 0 spiro atoms. The standard InChI is InChI=1S/C40H24N2O/c1-4-12-34-30(8-1)31-9-2-5-13-35(31)41(34)29-20-18-26-22-25(16-17-27(26)23-29)28-19-21-38-37(24-28)42-36-14-6-3-10-32(36)33-11-7-15-39(43-38)40(33)42/h1-24H. The van der Waals surface area contributed by atoms with E-state index >= 15 is 0 Å². The Morgan fingerprint density at radius 1 is 0.395 bits per heavy atom. The van der Waals surface area contributed by atoms with Gasteiger partial charge in [-0.3, -0.25) is 0 Å². The van der Waals surface area contributed by atoms with Crippen molar-refractivity contribution in [3.63, 3.8) is 0 Å². The molecule has 0 fully saturated rings. The van der Waals surface area contributed by atoms with Crippen molar-refractivity contribution < 1.29 is 4.74 Å². The first kappa shape index (κ1) is 22.8. The Hall–Kier alpha value is -5.80. The van der Waals surface area contributed by atoms with Gasteiger partial charge in [-0.25, -0.2) is 0 Å². The summed E-state index contributed by atoms with van der Waals surface area (Å²) in [5, 5.41) is 7.45. The predicted octanol–water partition coefficient (Wildman–Crippen LogP) is 10.8. The Morgan fingerprint density at radius 3 is 1.74 bits per heavy atom. The van der Waals surface area contributed by atoms with E-state index in [2.05, 4.69) is 155 Å². The molecule has 0 saturated heterocycles. The number of hydrogen-bond acceptors (Lipinski definition) is 1. The van der Waals surface area contributed by atoms with Gasteiger partial charge in [-0.1, -0.05) is 91.0 Å². The molecule has 200 valence electrons. The van der Waals surface area contributed by atoms with Gasteiger partial charge in [-0.15, -0.1) is 0 Å². The highest BCUT2D eigenvalue weighted by atomic mass is 16.5. The third-order valence-electron chi connectivity index (χ3n) is 9.07. The number of para-hydroxylation sites is 4. The van der Waals surface area contributed by atoms with Crippen molar-refractivity contribution in [1.29, 1.82) is 0 Å². The van der Waals surface area contributed by atoms with Crippen LogP contribution in [0.25, 0.3) is 76.9 Å². The van der Waals surface area contributed by atoms with E-state index in [1.807, 2.05) is 0 Å². The number of nitrogens with zero attached hydrogens (tertiary/aromatic N) is 2. The van der Waals surface area contributed by atoms with Crippen LogP contribution in [-0.4, -0.2) is 9.13 Å². The monoisotopic (exact) mass is 548 g/mol. The Balaban J connectivity index is 1.12. The molecule has 0 radical (unpaired) electrons. The third-order valence-corrected chi connectivity index (χ3v) is 9.07. The molecule has 1 aliphatic rings. The van der Waals surface area contributed by atoms with Crippen LogP contribution < -0.4 is 4.74 Å². The number of ether oxygens (including phenoxy) is 1. The fraction of sp³-hybridized carbons (Fsp3) is 0. The molecule has 1 aliphatic heterocycles. The van der Waals surface area contributed by atoms with E-state index in [-0.39, 0.29) is 0 Å². The van der Waals surface area contributed by atoms with Crippen molar-refractivity contribution in [1.82, 2.24) is 9.13 Å². The van der Waals surface area contributed by atoms with Gasteiger partial charge < -0.3 is 13.9 Å². The molecule has 0 atom stereocenters. The lowest BCUT2D eigenvalue weighted by Gasteiger charge is -2.21. The zero-order chi connectivity index (χ0) is 28.1. The van der Waals surface area contributed by atoms with Crippen LogP contribution >= 0.6 is 0 Å². The predicted molar refractivity (Wildman–Crippen MR) is 178 cm³/mol. The minimum Gasteiger partial charge on any atom is -0.453 e. The first-order chi connectivity index (χ1) is 21.3. The topological polar surface area (TPSA) is 19.1 Å². The molecule has 0 bridgehead atoms. The molecule has 0 unspecified atom stereocenters. The van der Waals surface area contributed by atoms with Gasteiger partial charge in [0, 0.05) is 27.2 Å². The molecule has 3 heteroatoms. The zero-order valence-corrected chi connectivity index (χ0v) is 23.2. The van der Waals surface area contributed by atoms with Gasteiger partial charge in [-0.05, 0) is 76.5 Å². The highest BCUT2D eigenvalue weighted by Gasteiger charge is 2.24.